The molecule has 1 N–H and O–H groups in total. The number of hydrogen-bond donors (Lipinski definition) is 1. The van der Waals surface area contributed by atoms with Crippen molar-refractivity contribution in [2.24, 2.45) is 0 Å². The van der Waals surface area contributed by atoms with Crippen molar-refractivity contribution in [3.63, 3.8) is 0 Å². The minimum atomic E-state index is -0.0352. The van der Waals surface area contributed by atoms with Gasteiger partial charge >= 0.3 is 0 Å². The summed E-state index contributed by atoms with van der Waals surface area (Å²) in [6.07, 6.45) is 2.46. The van der Waals surface area contributed by atoms with E-state index in [9.17, 15) is 9.59 Å². The second kappa shape index (κ2) is 9.88. The lowest BCUT2D eigenvalue weighted by Gasteiger charge is -2.15. The maximum Gasteiger partial charge on any atom is 0.222 e. The fourth-order valence-corrected chi connectivity index (χ4v) is 1.58. The Hall–Kier alpha value is -1.10. The van der Waals surface area contributed by atoms with E-state index in [0.29, 0.717) is 13.0 Å². The number of nitrogens with zero attached hydrogens (tertiary/aromatic N) is 2. The minimum Gasteiger partial charge on any atom is -0.356 e. The van der Waals surface area contributed by atoms with Crippen molar-refractivity contribution in [1.82, 2.24) is 15.1 Å². The van der Waals surface area contributed by atoms with Crippen molar-refractivity contribution in [2.75, 3.05) is 40.8 Å². The molecular formula is C13H27N3O2. The monoisotopic (exact) mass is 257 g/mol. The lowest BCUT2D eigenvalue weighted by molar-refractivity contribution is -0.132. The van der Waals surface area contributed by atoms with Crippen molar-refractivity contribution in [3.05, 3.63) is 0 Å². The van der Waals surface area contributed by atoms with Crippen molar-refractivity contribution in [1.29, 1.82) is 0 Å². The van der Waals surface area contributed by atoms with Crippen LogP contribution in [0, 0.1) is 0 Å². The largest absolute Gasteiger partial charge is 0.356 e. The molecule has 0 fully saturated rings. The Morgan fingerprint density at radius 2 is 1.72 bits per heavy atom. The zero-order valence-corrected chi connectivity index (χ0v) is 12.2. The molecule has 0 radical (unpaired) electrons. The highest BCUT2D eigenvalue weighted by Crippen LogP contribution is 1.97. The van der Waals surface area contributed by atoms with Crippen LogP contribution < -0.4 is 5.32 Å². The topological polar surface area (TPSA) is 52.7 Å². The summed E-state index contributed by atoms with van der Waals surface area (Å²) in [5.74, 6) is 0.00676. The van der Waals surface area contributed by atoms with Crippen molar-refractivity contribution in [3.8, 4) is 0 Å². The first kappa shape index (κ1) is 16.9. The Morgan fingerprint density at radius 1 is 1.06 bits per heavy atom. The number of nitrogens with one attached hydrogen (secondary N) is 1. The summed E-state index contributed by atoms with van der Waals surface area (Å²) in [7, 11) is 5.79. The fraction of sp³-hybridized carbons (Fsp3) is 0.846. The van der Waals surface area contributed by atoms with Crippen LogP contribution in [0.25, 0.3) is 0 Å². The van der Waals surface area contributed by atoms with E-state index in [1.807, 2.05) is 21.0 Å². The Kier molecular flexibility index (Phi) is 9.28. The van der Waals surface area contributed by atoms with Gasteiger partial charge in [0, 0.05) is 33.0 Å². The molecule has 0 rings (SSSR count). The number of hydrogen-bond acceptors (Lipinski definition) is 3. The normalized spacial score (nSPS) is 10.5. The predicted molar refractivity (Wildman–Crippen MR) is 73.3 cm³/mol. The Balaban J connectivity index is 3.61. The second-order valence-corrected chi connectivity index (χ2v) is 4.82. The van der Waals surface area contributed by atoms with Crippen LogP contribution in [-0.4, -0.2) is 62.4 Å². The highest BCUT2D eigenvalue weighted by Gasteiger charge is 2.10. The molecule has 0 saturated heterocycles. The van der Waals surface area contributed by atoms with Gasteiger partial charge in [-0.05, 0) is 33.5 Å². The minimum absolute atomic E-state index is 0.0352. The lowest BCUT2D eigenvalue weighted by atomic mass is 10.2. The standard InChI is InChI=1S/C13H27N3O2/c1-5-10-16(4)13(18)8-7-12(17)14-9-6-11-15(2)3/h5-11H2,1-4H3,(H,14,17). The predicted octanol–water partition coefficient (Wildman–Crippen LogP) is 0.703. The quantitative estimate of drug-likeness (QED) is 0.619. The van der Waals surface area contributed by atoms with Gasteiger partial charge in [-0.1, -0.05) is 6.92 Å². The molecule has 0 aliphatic heterocycles. The smallest absolute Gasteiger partial charge is 0.222 e. The third-order valence-electron chi connectivity index (χ3n) is 2.65. The van der Waals surface area contributed by atoms with E-state index in [4.69, 9.17) is 0 Å². The van der Waals surface area contributed by atoms with Crippen LogP contribution in [0.5, 0.6) is 0 Å². The van der Waals surface area contributed by atoms with E-state index < -0.39 is 0 Å². The summed E-state index contributed by atoms with van der Waals surface area (Å²) in [5.41, 5.74) is 0. The number of carbonyl (C=O) groups excluding carboxylic acids is 2. The molecule has 0 aliphatic rings. The third-order valence-corrected chi connectivity index (χ3v) is 2.65. The van der Waals surface area contributed by atoms with Crippen LogP contribution in [0.3, 0.4) is 0 Å². The van der Waals surface area contributed by atoms with Gasteiger partial charge in [-0.2, -0.15) is 0 Å². The van der Waals surface area contributed by atoms with Crippen LogP contribution in [0.1, 0.15) is 32.6 Å². The average molecular weight is 257 g/mol. The van der Waals surface area contributed by atoms with Crippen LogP contribution in [0.2, 0.25) is 0 Å². The Labute approximate surface area is 111 Å². The van der Waals surface area contributed by atoms with Gasteiger partial charge in [-0.25, -0.2) is 0 Å². The van der Waals surface area contributed by atoms with E-state index in [2.05, 4.69) is 10.2 Å². The van der Waals surface area contributed by atoms with Crippen LogP contribution in [-0.2, 0) is 9.59 Å². The molecule has 18 heavy (non-hydrogen) atoms. The van der Waals surface area contributed by atoms with E-state index in [-0.39, 0.29) is 18.2 Å². The average Bonchev–Trinajstić information content (AvgIpc) is 2.31. The second-order valence-electron chi connectivity index (χ2n) is 4.82. The van der Waals surface area contributed by atoms with Gasteiger partial charge in [-0.15, -0.1) is 0 Å². The van der Waals surface area contributed by atoms with Gasteiger partial charge in [0.15, 0.2) is 0 Å². The molecule has 0 heterocycles. The van der Waals surface area contributed by atoms with E-state index in [1.165, 1.54) is 0 Å². The molecule has 0 aromatic rings. The highest BCUT2D eigenvalue weighted by atomic mass is 16.2. The zero-order valence-electron chi connectivity index (χ0n) is 12.2. The van der Waals surface area contributed by atoms with Gasteiger partial charge in [0.1, 0.15) is 0 Å². The van der Waals surface area contributed by atoms with Gasteiger partial charge in [-0.3, -0.25) is 9.59 Å². The summed E-state index contributed by atoms with van der Waals surface area (Å²) in [6, 6.07) is 0. The zero-order chi connectivity index (χ0) is 14.0. The first-order valence-electron chi connectivity index (χ1n) is 6.62. The maximum atomic E-state index is 11.6. The summed E-state index contributed by atoms with van der Waals surface area (Å²) in [5, 5.41) is 2.83. The van der Waals surface area contributed by atoms with Gasteiger partial charge in [0.05, 0.1) is 0 Å². The molecule has 106 valence electrons. The molecule has 0 atom stereocenters. The van der Waals surface area contributed by atoms with Crippen LogP contribution in [0.4, 0.5) is 0 Å². The molecule has 0 bridgehead atoms. The van der Waals surface area contributed by atoms with Crippen LogP contribution >= 0.6 is 0 Å². The molecule has 0 aromatic carbocycles. The maximum absolute atomic E-state index is 11.6. The molecule has 2 amide bonds. The number of amides is 2. The lowest BCUT2D eigenvalue weighted by Crippen LogP contribution is -2.31. The van der Waals surface area contributed by atoms with Gasteiger partial charge < -0.3 is 15.1 Å². The van der Waals surface area contributed by atoms with Crippen LogP contribution in [0.15, 0.2) is 0 Å². The summed E-state index contributed by atoms with van der Waals surface area (Å²) in [6.45, 7) is 4.42. The first-order chi connectivity index (χ1) is 8.47. The Morgan fingerprint density at radius 3 is 2.28 bits per heavy atom. The highest BCUT2D eigenvalue weighted by molar-refractivity contribution is 5.83. The van der Waals surface area contributed by atoms with Crippen molar-refractivity contribution < 1.29 is 9.59 Å². The molecule has 0 aromatic heterocycles. The first-order valence-corrected chi connectivity index (χ1v) is 6.62. The molecule has 0 saturated carbocycles. The molecule has 0 spiro atoms. The SMILES string of the molecule is CCCN(C)C(=O)CCC(=O)NCCCN(C)C. The third kappa shape index (κ3) is 8.98. The van der Waals surface area contributed by atoms with Crippen molar-refractivity contribution in [2.45, 2.75) is 32.6 Å². The molecule has 0 unspecified atom stereocenters. The van der Waals surface area contributed by atoms with Gasteiger partial charge in [0.2, 0.25) is 11.8 Å². The molecule has 0 aliphatic carbocycles. The number of rotatable bonds is 9. The van der Waals surface area contributed by atoms with Gasteiger partial charge in [0.25, 0.3) is 0 Å². The summed E-state index contributed by atoms with van der Waals surface area (Å²) in [4.78, 5) is 26.8. The van der Waals surface area contributed by atoms with E-state index in [1.54, 1.807) is 11.9 Å². The molecule has 5 heteroatoms. The van der Waals surface area contributed by atoms with E-state index >= 15 is 0 Å². The van der Waals surface area contributed by atoms with E-state index in [0.717, 1.165) is 25.9 Å². The molecular weight excluding hydrogens is 230 g/mol. The fourth-order valence-electron chi connectivity index (χ4n) is 1.58. The summed E-state index contributed by atoms with van der Waals surface area (Å²) >= 11 is 0. The summed E-state index contributed by atoms with van der Waals surface area (Å²) < 4.78 is 0. The van der Waals surface area contributed by atoms with Crippen molar-refractivity contribution >= 4 is 11.8 Å². The molecule has 5 nitrogen and oxygen atoms in total. The Bertz CT molecular complexity index is 255. The number of carbonyl (C=O) groups is 2.